The number of Topliss-reactive ketones (excluding diaryl/α,β-unsaturated/α-hetero) is 1. The molecule has 4 rings (SSSR count). The monoisotopic (exact) mass is 440 g/mol. The van der Waals surface area contributed by atoms with E-state index in [-0.39, 0.29) is 34.2 Å². The first-order valence-corrected chi connectivity index (χ1v) is 11.5. The van der Waals surface area contributed by atoms with Gasteiger partial charge in [-0.15, -0.1) is 23.2 Å². The summed E-state index contributed by atoms with van der Waals surface area (Å²) in [5.41, 5.74) is -0.872. The van der Waals surface area contributed by atoms with E-state index < -0.39 is 21.9 Å². The predicted octanol–water partition coefficient (Wildman–Crippen LogP) is 4.99. The number of ether oxygens (including phenoxy) is 1. The second-order valence-electron chi connectivity index (χ2n) is 10.1. The molecule has 0 unspecified atom stereocenters. The lowest BCUT2D eigenvalue weighted by Crippen LogP contribution is -2.68. The van der Waals surface area contributed by atoms with Crippen LogP contribution in [-0.2, 0) is 19.1 Å². The number of esters is 1. The topological polar surface area (TPSA) is 60.4 Å². The number of hydrogen-bond donors (Lipinski definition) is 0. The van der Waals surface area contributed by atoms with Crippen LogP contribution >= 0.6 is 23.2 Å². The molecule has 0 bridgehead atoms. The fraction of sp³-hybridized carbons (Fsp3) is 0.783. The van der Waals surface area contributed by atoms with Crippen LogP contribution in [-0.4, -0.2) is 33.4 Å². The van der Waals surface area contributed by atoms with Crippen LogP contribution in [0.4, 0.5) is 0 Å². The maximum absolute atomic E-state index is 12.8. The Morgan fingerprint density at radius 1 is 1.10 bits per heavy atom. The summed E-state index contributed by atoms with van der Waals surface area (Å²) in [6, 6.07) is 0. The summed E-state index contributed by atoms with van der Waals surface area (Å²) >= 11 is 14.6. The van der Waals surface area contributed by atoms with Crippen molar-refractivity contribution in [3.63, 3.8) is 0 Å². The zero-order valence-electron chi connectivity index (χ0n) is 17.6. The molecule has 0 aromatic heterocycles. The van der Waals surface area contributed by atoms with Crippen molar-refractivity contribution in [3.8, 4) is 0 Å². The minimum absolute atomic E-state index is 0.102. The van der Waals surface area contributed by atoms with E-state index in [2.05, 4.69) is 13.8 Å². The molecule has 3 saturated carbocycles. The van der Waals surface area contributed by atoms with Crippen LogP contribution in [0.3, 0.4) is 0 Å². The average molecular weight is 441 g/mol. The molecule has 0 amide bonds. The molecule has 0 aromatic carbocycles. The molecule has 0 aromatic rings. The summed E-state index contributed by atoms with van der Waals surface area (Å²) in [4.78, 5) is 36.2. The van der Waals surface area contributed by atoms with Gasteiger partial charge in [-0.25, -0.2) is 0 Å². The van der Waals surface area contributed by atoms with Gasteiger partial charge in [0.05, 0.1) is 10.3 Å². The summed E-state index contributed by atoms with van der Waals surface area (Å²) in [7, 11) is 0. The standard InChI is InChI=1S/C23H30Cl2O4/c1-13(26)22(29-14(2)27)10-8-17-18-6-5-15-11-16(28)7-9-20(15,3)23(18,25)19(24)12-21(17,22)4/h11,17-19H,5-10,12H2,1-4H3/t17-,18+,19-,20+,21-,22+,23+/m1/s1. The van der Waals surface area contributed by atoms with E-state index in [1.165, 1.54) is 13.8 Å². The predicted molar refractivity (Wildman–Crippen MR) is 112 cm³/mol. The van der Waals surface area contributed by atoms with Crippen LogP contribution in [0.25, 0.3) is 0 Å². The molecule has 0 spiro atoms. The number of rotatable bonds is 2. The Kier molecular flexibility index (Phi) is 4.83. The minimum Gasteiger partial charge on any atom is -0.451 e. The Morgan fingerprint density at radius 3 is 2.41 bits per heavy atom. The van der Waals surface area contributed by atoms with E-state index in [4.69, 9.17) is 27.9 Å². The molecule has 0 radical (unpaired) electrons. The van der Waals surface area contributed by atoms with E-state index in [1.807, 2.05) is 0 Å². The van der Waals surface area contributed by atoms with Crippen molar-refractivity contribution >= 4 is 40.7 Å². The van der Waals surface area contributed by atoms with Gasteiger partial charge >= 0.3 is 5.97 Å². The normalized spacial score (nSPS) is 48.8. The molecule has 4 aliphatic carbocycles. The third kappa shape index (κ3) is 2.54. The number of halogens is 2. The first-order chi connectivity index (χ1) is 13.4. The smallest absolute Gasteiger partial charge is 0.303 e. The maximum Gasteiger partial charge on any atom is 0.303 e. The lowest BCUT2D eigenvalue weighted by molar-refractivity contribution is -0.185. The van der Waals surface area contributed by atoms with Gasteiger partial charge in [-0.2, -0.15) is 0 Å². The molecular formula is C23H30Cl2O4. The third-order valence-corrected chi connectivity index (χ3v) is 10.6. The third-order valence-electron chi connectivity index (χ3n) is 9.01. The number of alkyl halides is 2. The summed E-state index contributed by atoms with van der Waals surface area (Å²) in [5.74, 6) is -0.0990. The van der Waals surface area contributed by atoms with Gasteiger partial charge in [0.15, 0.2) is 17.2 Å². The summed E-state index contributed by atoms with van der Waals surface area (Å²) in [6.07, 6.45) is 6.52. The zero-order chi connectivity index (χ0) is 21.4. The molecule has 4 aliphatic rings. The second kappa shape index (κ2) is 6.56. The molecule has 0 saturated heterocycles. The van der Waals surface area contributed by atoms with Crippen LogP contribution < -0.4 is 0 Å². The highest BCUT2D eigenvalue weighted by Gasteiger charge is 2.74. The van der Waals surface area contributed by atoms with Crippen LogP contribution in [0.2, 0.25) is 0 Å². The van der Waals surface area contributed by atoms with Crippen molar-refractivity contribution in [1.82, 2.24) is 0 Å². The molecule has 0 N–H and O–H groups in total. The summed E-state index contributed by atoms with van der Waals surface area (Å²) < 4.78 is 5.79. The van der Waals surface area contributed by atoms with Gasteiger partial charge in [-0.05, 0) is 63.4 Å². The molecule has 6 heteroatoms. The van der Waals surface area contributed by atoms with Gasteiger partial charge in [0.25, 0.3) is 0 Å². The van der Waals surface area contributed by atoms with Crippen LogP contribution in [0, 0.1) is 22.7 Å². The van der Waals surface area contributed by atoms with Crippen molar-refractivity contribution in [1.29, 1.82) is 0 Å². The van der Waals surface area contributed by atoms with Crippen molar-refractivity contribution in [3.05, 3.63) is 11.6 Å². The quantitative estimate of drug-likeness (QED) is 0.448. The highest BCUT2D eigenvalue weighted by atomic mass is 35.5. The van der Waals surface area contributed by atoms with E-state index in [0.717, 1.165) is 24.8 Å². The van der Waals surface area contributed by atoms with E-state index >= 15 is 0 Å². The van der Waals surface area contributed by atoms with Gasteiger partial charge in [-0.3, -0.25) is 14.4 Å². The first kappa shape index (κ1) is 21.4. The molecule has 160 valence electrons. The molecule has 29 heavy (non-hydrogen) atoms. The van der Waals surface area contributed by atoms with Gasteiger partial charge < -0.3 is 4.74 Å². The summed E-state index contributed by atoms with van der Waals surface area (Å²) in [5, 5.41) is -0.385. The fourth-order valence-corrected chi connectivity index (χ4v) is 8.83. The molecule has 3 fully saturated rings. The van der Waals surface area contributed by atoms with Crippen LogP contribution in [0.5, 0.6) is 0 Å². The van der Waals surface area contributed by atoms with Gasteiger partial charge in [0.1, 0.15) is 0 Å². The number of hydrogen-bond acceptors (Lipinski definition) is 4. The second-order valence-corrected chi connectivity index (χ2v) is 11.2. The van der Waals surface area contributed by atoms with Crippen LogP contribution in [0.15, 0.2) is 11.6 Å². The zero-order valence-corrected chi connectivity index (χ0v) is 19.2. The molecule has 7 atom stereocenters. The number of fused-ring (bicyclic) bond motifs is 5. The number of carbonyl (C=O) groups is 3. The van der Waals surface area contributed by atoms with Crippen molar-refractivity contribution in [2.75, 3.05) is 0 Å². The number of ketones is 2. The highest BCUT2D eigenvalue weighted by Crippen LogP contribution is 2.72. The van der Waals surface area contributed by atoms with Crippen molar-refractivity contribution < 1.29 is 19.1 Å². The van der Waals surface area contributed by atoms with Crippen molar-refractivity contribution in [2.45, 2.75) is 88.5 Å². The fourth-order valence-electron chi connectivity index (χ4n) is 7.56. The molecular weight excluding hydrogens is 411 g/mol. The first-order valence-electron chi connectivity index (χ1n) is 10.7. The Labute approximate surface area is 182 Å². The van der Waals surface area contributed by atoms with Gasteiger partial charge in [0, 0.05) is 24.2 Å². The van der Waals surface area contributed by atoms with Crippen LogP contribution in [0.1, 0.15) is 72.6 Å². The Balaban J connectivity index is 1.81. The van der Waals surface area contributed by atoms with Gasteiger partial charge in [0.2, 0.25) is 0 Å². The van der Waals surface area contributed by atoms with E-state index in [9.17, 15) is 14.4 Å². The molecule has 4 nitrogen and oxygen atoms in total. The molecule has 0 heterocycles. The minimum atomic E-state index is -1.13. The lowest BCUT2D eigenvalue weighted by atomic mass is 9.45. The highest BCUT2D eigenvalue weighted by molar-refractivity contribution is 6.33. The van der Waals surface area contributed by atoms with E-state index in [1.54, 1.807) is 6.08 Å². The number of allylic oxidation sites excluding steroid dienone is 1. The maximum atomic E-state index is 12.8. The Hall–Kier alpha value is -0.870. The lowest BCUT2D eigenvalue weighted by Gasteiger charge is -2.64. The average Bonchev–Trinajstić information content (AvgIpc) is 2.90. The van der Waals surface area contributed by atoms with Crippen molar-refractivity contribution in [2.24, 2.45) is 22.7 Å². The Bertz CT molecular complexity index is 822. The Morgan fingerprint density at radius 2 is 1.79 bits per heavy atom. The largest absolute Gasteiger partial charge is 0.451 e. The number of carbonyl (C=O) groups excluding carboxylic acids is 3. The SMILES string of the molecule is CC(=O)O[C@]1(C(C)=O)CC[C@@H]2[C@@H]3CCC4=CC(=O)CC[C@]4(C)[C@@]3(Cl)[C@H](Cl)C[C@]21C. The summed E-state index contributed by atoms with van der Waals surface area (Å²) in [6.45, 7) is 7.13. The molecule has 0 aliphatic heterocycles. The van der Waals surface area contributed by atoms with E-state index in [0.29, 0.717) is 25.7 Å². The van der Waals surface area contributed by atoms with Gasteiger partial charge in [-0.1, -0.05) is 19.4 Å².